The van der Waals surface area contributed by atoms with Crippen LogP contribution in [0.3, 0.4) is 0 Å². The largest absolute Gasteiger partial charge is 0.103 e. The number of allylic oxidation sites excluding steroid dienone is 3. The third-order valence-corrected chi connectivity index (χ3v) is 3.41. The van der Waals surface area contributed by atoms with Crippen molar-refractivity contribution in [3.63, 3.8) is 0 Å². The molecule has 1 aliphatic carbocycles. The Balaban J connectivity index is 2.21. The van der Waals surface area contributed by atoms with Crippen LogP contribution in [0, 0.1) is 11.8 Å². The van der Waals surface area contributed by atoms with E-state index in [-0.39, 0.29) is 0 Å². The van der Waals surface area contributed by atoms with Crippen molar-refractivity contribution < 1.29 is 0 Å². The standard InChI is InChI=1S/C11H17Br/c1-2-5-11(9-12)8-10-6-3-4-7-10/h2-4,10-11H,1,5-9H2. The van der Waals surface area contributed by atoms with Gasteiger partial charge in [0.15, 0.2) is 0 Å². The fourth-order valence-electron chi connectivity index (χ4n) is 1.80. The van der Waals surface area contributed by atoms with E-state index < -0.39 is 0 Å². The molecular formula is C11H17Br. The van der Waals surface area contributed by atoms with E-state index >= 15 is 0 Å². The maximum absolute atomic E-state index is 3.79. The second-order valence-corrected chi connectivity index (χ2v) is 4.24. The Morgan fingerprint density at radius 2 is 2.17 bits per heavy atom. The molecule has 0 aromatic rings. The summed E-state index contributed by atoms with van der Waals surface area (Å²) in [5, 5.41) is 1.12. The molecular weight excluding hydrogens is 212 g/mol. The molecule has 1 rings (SSSR count). The van der Waals surface area contributed by atoms with Crippen molar-refractivity contribution in [2.24, 2.45) is 11.8 Å². The van der Waals surface area contributed by atoms with Gasteiger partial charge in [0.25, 0.3) is 0 Å². The Labute approximate surface area is 83.9 Å². The Morgan fingerprint density at radius 3 is 2.67 bits per heavy atom. The SMILES string of the molecule is C=CCC(CBr)CC1CC=CC1. The molecule has 0 saturated heterocycles. The van der Waals surface area contributed by atoms with Crippen molar-refractivity contribution in [3.8, 4) is 0 Å². The van der Waals surface area contributed by atoms with Crippen molar-refractivity contribution in [1.29, 1.82) is 0 Å². The van der Waals surface area contributed by atoms with Crippen LogP contribution in [0.1, 0.15) is 25.7 Å². The van der Waals surface area contributed by atoms with Gasteiger partial charge in [-0.3, -0.25) is 0 Å². The normalized spacial score (nSPS) is 19.8. The van der Waals surface area contributed by atoms with E-state index in [1.165, 1.54) is 19.3 Å². The Hall–Kier alpha value is -0.0400. The maximum Gasteiger partial charge on any atom is 0.00627 e. The Kier molecular flexibility index (Phi) is 4.67. The summed E-state index contributed by atoms with van der Waals surface area (Å²) in [6.45, 7) is 3.79. The molecule has 0 fully saturated rings. The second kappa shape index (κ2) is 5.58. The molecule has 68 valence electrons. The van der Waals surface area contributed by atoms with Gasteiger partial charge in [-0.05, 0) is 37.5 Å². The monoisotopic (exact) mass is 228 g/mol. The van der Waals surface area contributed by atoms with Crippen LogP contribution in [0.5, 0.6) is 0 Å². The number of halogens is 1. The van der Waals surface area contributed by atoms with Crippen LogP contribution in [0.25, 0.3) is 0 Å². The zero-order valence-electron chi connectivity index (χ0n) is 7.51. The van der Waals surface area contributed by atoms with Crippen LogP contribution >= 0.6 is 15.9 Å². The first-order valence-electron chi connectivity index (χ1n) is 4.68. The summed E-state index contributed by atoms with van der Waals surface area (Å²) in [4.78, 5) is 0. The zero-order chi connectivity index (χ0) is 8.81. The van der Waals surface area contributed by atoms with Crippen LogP contribution in [-0.2, 0) is 0 Å². The smallest absolute Gasteiger partial charge is 0.00627 e. The minimum atomic E-state index is 0.799. The number of hydrogen-bond acceptors (Lipinski definition) is 0. The Bertz CT molecular complexity index is 152. The van der Waals surface area contributed by atoms with Crippen LogP contribution in [0.4, 0.5) is 0 Å². The molecule has 0 bridgehead atoms. The first kappa shape index (κ1) is 10.0. The molecule has 1 aliphatic rings. The van der Waals surface area contributed by atoms with Crippen LogP contribution in [0.15, 0.2) is 24.8 Å². The number of hydrogen-bond donors (Lipinski definition) is 0. The summed E-state index contributed by atoms with van der Waals surface area (Å²) in [6.07, 6.45) is 11.7. The molecule has 0 amide bonds. The highest BCUT2D eigenvalue weighted by Gasteiger charge is 2.15. The van der Waals surface area contributed by atoms with E-state index in [2.05, 4.69) is 34.7 Å². The first-order valence-corrected chi connectivity index (χ1v) is 5.80. The lowest BCUT2D eigenvalue weighted by molar-refractivity contribution is 0.416. The van der Waals surface area contributed by atoms with Gasteiger partial charge in [0, 0.05) is 5.33 Å². The molecule has 1 unspecified atom stereocenters. The van der Waals surface area contributed by atoms with Crippen molar-refractivity contribution in [1.82, 2.24) is 0 Å². The predicted molar refractivity (Wildman–Crippen MR) is 58.6 cm³/mol. The maximum atomic E-state index is 3.79. The second-order valence-electron chi connectivity index (χ2n) is 3.59. The van der Waals surface area contributed by atoms with Crippen molar-refractivity contribution in [2.45, 2.75) is 25.7 Å². The van der Waals surface area contributed by atoms with E-state index in [0.717, 1.165) is 23.6 Å². The van der Waals surface area contributed by atoms with E-state index in [0.29, 0.717) is 0 Å². The van der Waals surface area contributed by atoms with E-state index in [4.69, 9.17) is 0 Å². The first-order chi connectivity index (χ1) is 5.86. The minimum Gasteiger partial charge on any atom is -0.103 e. The topological polar surface area (TPSA) is 0 Å². The van der Waals surface area contributed by atoms with Crippen molar-refractivity contribution in [2.75, 3.05) is 5.33 Å². The molecule has 0 spiro atoms. The molecule has 0 radical (unpaired) electrons. The summed E-state index contributed by atoms with van der Waals surface area (Å²) < 4.78 is 0. The fourth-order valence-corrected chi connectivity index (χ4v) is 2.32. The van der Waals surface area contributed by atoms with Gasteiger partial charge in [0.1, 0.15) is 0 Å². The number of rotatable bonds is 5. The lowest BCUT2D eigenvalue weighted by atomic mass is 9.92. The fraction of sp³-hybridized carbons (Fsp3) is 0.636. The van der Waals surface area contributed by atoms with Crippen molar-refractivity contribution >= 4 is 15.9 Å². The Morgan fingerprint density at radius 1 is 1.50 bits per heavy atom. The van der Waals surface area contributed by atoms with Crippen LogP contribution < -0.4 is 0 Å². The highest BCUT2D eigenvalue weighted by molar-refractivity contribution is 9.09. The van der Waals surface area contributed by atoms with Gasteiger partial charge in [-0.25, -0.2) is 0 Å². The summed E-state index contributed by atoms with van der Waals surface area (Å²) in [6, 6.07) is 0. The zero-order valence-corrected chi connectivity index (χ0v) is 9.09. The highest BCUT2D eigenvalue weighted by atomic mass is 79.9. The molecule has 0 aromatic carbocycles. The molecule has 0 heterocycles. The molecule has 0 saturated carbocycles. The third kappa shape index (κ3) is 3.14. The van der Waals surface area contributed by atoms with Gasteiger partial charge in [0.05, 0.1) is 0 Å². The average Bonchev–Trinajstić information content (AvgIpc) is 2.56. The molecule has 1 heteroatoms. The van der Waals surface area contributed by atoms with Gasteiger partial charge in [-0.2, -0.15) is 0 Å². The molecule has 0 N–H and O–H groups in total. The van der Waals surface area contributed by atoms with Crippen molar-refractivity contribution in [3.05, 3.63) is 24.8 Å². The summed E-state index contributed by atoms with van der Waals surface area (Å²) >= 11 is 3.56. The summed E-state index contributed by atoms with van der Waals surface area (Å²) in [5.74, 6) is 1.71. The van der Waals surface area contributed by atoms with Gasteiger partial charge >= 0.3 is 0 Å². The number of alkyl halides is 1. The van der Waals surface area contributed by atoms with Gasteiger partial charge in [0.2, 0.25) is 0 Å². The molecule has 0 aromatic heterocycles. The quantitative estimate of drug-likeness (QED) is 0.495. The average molecular weight is 229 g/mol. The molecule has 1 atom stereocenters. The lowest BCUT2D eigenvalue weighted by Crippen LogP contribution is -2.07. The molecule has 0 nitrogen and oxygen atoms in total. The van der Waals surface area contributed by atoms with E-state index in [1.807, 2.05) is 6.08 Å². The third-order valence-electron chi connectivity index (χ3n) is 2.49. The van der Waals surface area contributed by atoms with E-state index in [9.17, 15) is 0 Å². The molecule has 12 heavy (non-hydrogen) atoms. The summed E-state index contributed by atoms with van der Waals surface area (Å²) in [5.41, 5.74) is 0. The molecule has 0 aliphatic heterocycles. The minimum absolute atomic E-state index is 0.799. The highest BCUT2D eigenvalue weighted by Crippen LogP contribution is 2.27. The van der Waals surface area contributed by atoms with Gasteiger partial charge in [-0.1, -0.05) is 34.2 Å². The van der Waals surface area contributed by atoms with Crippen LogP contribution in [0.2, 0.25) is 0 Å². The van der Waals surface area contributed by atoms with Gasteiger partial charge < -0.3 is 0 Å². The predicted octanol–water partition coefficient (Wildman–Crippen LogP) is 3.93. The van der Waals surface area contributed by atoms with E-state index in [1.54, 1.807) is 0 Å². The van der Waals surface area contributed by atoms with Gasteiger partial charge in [-0.15, -0.1) is 6.58 Å². The van der Waals surface area contributed by atoms with Crippen LogP contribution in [-0.4, -0.2) is 5.33 Å². The summed E-state index contributed by atoms with van der Waals surface area (Å²) in [7, 11) is 0. The lowest BCUT2D eigenvalue weighted by Gasteiger charge is -2.16.